The van der Waals surface area contributed by atoms with Gasteiger partial charge in [0.05, 0.1) is 6.07 Å². The Bertz CT molecular complexity index is 274. The van der Waals surface area contributed by atoms with E-state index in [-0.39, 0.29) is 6.04 Å². The average Bonchev–Trinajstić information content (AvgIpc) is 2.28. The minimum Gasteiger partial charge on any atom is -0.237 e. The van der Waals surface area contributed by atoms with Gasteiger partial charge in [0, 0.05) is 16.9 Å². The van der Waals surface area contributed by atoms with Crippen LogP contribution in [0.15, 0.2) is 0 Å². The van der Waals surface area contributed by atoms with Crippen molar-refractivity contribution in [1.82, 2.24) is 10.4 Å². The Morgan fingerprint density at radius 3 is 2.50 bits per heavy atom. The van der Waals surface area contributed by atoms with Gasteiger partial charge in [0.15, 0.2) is 0 Å². The van der Waals surface area contributed by atoms with Gasteiger partial charge in [-0.15, -0.1) is 0 Å². The molecule has 0 aromatic heterocycles. The van der Waals surface area contributed by atoms with E-state index in [1.807, 2.05) is 6.92 Å². The second kappa shape index (κ2) is 6.29. The van der Waals surface area contributed by atoms with Crippen LogP contribution in [-0.2, 0) is 0 Å². The van der Waals surface area contributed by atoms with Crippen molar-refractivity contribution >= 4 is 17.1 Å². The number of hydrogen-bond donors (Lipinski definition) is 1. The van der Waals surface area contributed by atoms with E-state index in [9.17, 15) is 0 Å². The molecular formula is C12H21N3S. The highest BCUT2D eigenvalue weighted by Crippen LogP contribution is 2.20. The summed E-state index contributed by atoms with van der Waals surface area (Å²) < 4.78 is 0. The van der Waals surface area contributed by atoms with Gasteiger partial charge in [0.1, 0.15) is 6.04 Å². The summed E-state index contributed by atoms with van der Waals surface area (Å²) in [5.74, 6) is 0. The van der Waals surface area contributed by atoms with Crippen LogP contribution in [0.2, 0.25) is 0 Å². The first-order valence-corrected chi connectivity index (χ1v) is 6.47. The van der Waals surface area contributed by atoms with Gasteiger partial charge in [0.2, 0.25) is 0 Å². The van der Waals surface area contributed by atoms with Crippen molar-refractivity contribution in [3.63, 3.8) is 0 Å². The van der Waals surface area contributed by atoms with Crippen molar-refractivity contribution in [3.05, 3.63) is 0 Å². The van der Waals surface area contributed by atoms with Crippen molar-refractivity contribution < 1.29 is 0 Å². The van der Waals surface area contributed by atoms with Crippen LogP contribution in [0.1, 0.15) is 46.5 Å². The maximum absolute atomic E-state index is 9.10. The molecule has 1 saturated heterocycles. The lowest BCUT2D eigenvalue weighted by Crippen LogP contribution is -2.56. The molecule has 0 aromatic rings. The summed E-state index contributed by atoms with van der Waals surface area (Å²) in [5.41, 5.74) is 3.29. The third-order valence-electron chi connectivity index (χ3n) is 3.27. The second-order valence-electron chi connectivity index (χ2n) is 4.55. The highest BCUT2D eigenvalue weighted by Gasteiger charge is 2.27. The van der Waals surface area contributed by atoms with E-state index in [1.54, 1.807) is 0 Å². The Morgan fingerprint density at radius 1 is 1.50 bits per heavy atom. The molecule has 0 bridgehead atoms. The van der Waals surface area contributed by atoms with Crippen LogP contribution in [0.5, 0.6) is 0 Å². The molecule has 1 aliphatic rings. The topological polar surface area (TPSA) is 39.1 Å². The molecule has 3 unspecified atom stereocenters. The number of piperidine rings is 1. The van der Waals surface area contributed by atoms with Gasteiger partial charge < -0.3 is 0 Å². The quantitative estimate of drug-likeness (QED) is 0.765. The van der Waals surface area contributed by atoms with Crippen LogP contribution >= 0.6 is 12.2 Å². The zero-order chi connectivity index (χ0) is 12.1. The summed E-state index contributed by atoms with van der Waals surface area (Å²) in [6, 6.07) is 2.90. The molecular weight excluding hydrogens is 218 g/mol. The molecule has 3 nitrogen and oxygen atoms in total. The number of hydrogen-bond acceptors (Lipinski definition) is 4. The molecule has 0 spiro atoms. The van der Waals surface area contributed by atoms with Gasteiger partial charge in [-0.2, -0.15) is 5.26 Å². The summed E-state index contributed by atoms with van der Waals surface area (Å²) in [7, 11) is 0. The van der Waals surface area contributed by atoms with Crippen LogP contribution in [0.25, 0.3) is 0 Å². The molecule has 0 aliphatic carbocycles. The molecule has 0 amide bonds. The predicted octanol–water partition coefficient (Wildman–Crippen LogP) is 2.43. The summed E-state index contributed by atoms with van der Waals surface area (Å²) in [6.07, 6.45) is 4.43. The van der Waals surface area contributed by atoms with Crippen molar-refractivity contribution in [3.8, 4) is 6.07 Å². The van der Waals surface area contributed by atoms with Crippen LogP contribution in [0.4, 0.5) is 0 Å². The lowest BCUT2D eigenvalue weighted by molar-refractivity contribution is 0.0457. The molecule has 3 atom stereocenters. The van der Waals surface area contributed by atoms with Crippen molar-refractivity contribution in [2.45, 2.75) is 64.6 Å². The normalized spacial score (nSPS) is 28.4. The summed E-state index contributed by atoms with van der Waals surface area (Å²) in [4.78, 5) is 0.799. The largest absolute Gasteiger partial charge is 0.237 e. The van der Waals surface area contributed by atoms with Crippen LogP contribution in [0, 0.1) is 11.3 Å². The van der Waals surface area contributed by atoms with E-state index in [4.69, 9.17) is 17.5 Å². The van der Waals surface area contributed by atoms with Crippen LogP contribution < -0.4 is 5.43 Å². The van der Waals surface area contributed by atoms with Crippen molar-refractivity contribution in [2.75, 3.05) is 0 Å². The molecule has 1 heterocycles. The standard InChI is InChI=1S/C12H21N3S/c1-4-12(16)11(8-13)14-15-9(2)6-5-7-10(15)3/h9-11,14H,4-7H2,1-3H3. The van der Waals surface area contributed by atoms with Crippen molar-refractivity contribution in [2.24, 2.45) is 0 Å². The molecule has 1 aliphatic heterocycles. The molecule has 0 aromatic carbocycles. The SMILES string of the molecule is CCC(=S)C(C#N)NN1C(C)CCCC1C. The van der Waals surface area contributed by atoms with E-state index in [0.29, 0.717) is 12.1 Å². The fourth-order valence-electron chi connectivity index (χ4n) is 2.20. The monoisotopic (exact) mass is 239 g/mol. The Labute approximate surface area is 104 Å². The van der Waals surface area contributed by atoms with Crippen LogP contribution in [0.3, 0.4) is 0 Å². The minimum absolute atomic E-state index is 0.317. The van der Waals surface area contributed by atoms with Crippen LogP contribution in [-0.4, -0.2) is 28.0 Å². The van der Waals surface area contributed by atoms with Gasteiger partial charge in [-0.25, -0.2) is 10.4 Å². The third kappa shape index (κ3) is 3.24. The molecule has 90 valence electrons. The molecule has 1 N–H and O–H groups in total. The third-order valence-corrected chi connectivity index (χ3v) is 3.80. The van der Waals surface area contributed by atoms with E-state index in [2.05, 4.69) is 30.4 Å². The minimum atomic E-state index is -0.317. The number of nitriles is 1. The number of nitrogens with zero attached hydrogens (tertiary/aromatic N) is 2. The molecule has 16 heavy (non-hydrogen) atoms. The maximum Gasteiger partial charge on any atom is 0.140 e. The zero-order valence-electron chi connectivity index (χ0n) is 10.4. The fraction of sp³-hybridized carbons (Fsp3) is 0.833. The molecule has 0 radical (unpaired) electrons. The van der Waals surface area contributed by atoms with Gasteiger partial charge in [-0.05, 0) is 33.1 Å². The Hall–Kier alpha value is -0.500. The second-order valence-corrected chi connectivity index (χ2v) is 5.07. The summed E-state index contributed by atoms with van der Waals surface area (Å²) in [6.45, 7) is 6.40. The number of thiocarbonyl (C=S) groups is 1. The Balaban J connectivity index is 2.62. The summed E-state index contributed by atoms with van der Waals surface area (Å²) in [5, 5.41) is 11.3. The zero-order valence-corrected chi connectivity index (χ0v) is 11.2. The lowest BCUT2D eigenvalue weighted by atomic mass is 9.99. The Morgan fingerprint density at radius 2 is 2.06 bits per heavy atom. The van der Waals surface area contributed by atoms with Crippen molar-refractivity contribution in [1.29, 1.82) is 5.26 Å². The van der Waals surface area contributed by atoms with Gasteiger partial charge in [-0.1, -0.05) is 25.6 Å². The smallest absolute Gasteiger partial charge is 0.140 e. The first-order valence-electron chi connectivity index (χ1n) is 6.07. The van der Waals surface area contributed by atoms with Gasteiger partial charge >= 0.3 is 0 Å². The van der Waals surface area contributed by atoms with E-state index < -0.39 is 0 Å². The predicted molar refractivity (Wildman–Crippen MR) is 70.0 cm³/mol. The number of nitrogens with one attached hydrogen (secondary N) is 1. The highest BCUT2D eigenvalue weighted by molar-refractivity contribution is 7.80. The Kier molecular flexibility index (Phi) is 5.33. The first-order chi connectivity index (χ1) is 7.60. The van der Waals surface area contributed by atoms with E-state index >= 15 is 0 Å². The maximum atomic E-state index is 9.10. The first kappa shape index (κ1) is 13.6. The van der Waals surface area contributed by atoms with Gasteiger partial charge in [0.25, 0.3) is 0 Å². The number of hydrazine groups is 1. The summed E-state index contributed by atoms with van der Waals surface area (Å²) >= 11 is 5.21. The molecule has 1 rings (SSSR count). The lowest BCUT2D eigenvalue weighted by Gasteiger charge is -2.40. The average molecular weight is 239 g/mol. The van der Waals surface area contributed by atoms with E-state index in [0.717, 1.165) is 11.3 Å². The molecule has 4 heteroatoms. The molecule has 0 saturated carbocycles. The number of rotatable bonds is 4. The van der Waals surface area contributed by atoms with Gasteiger partial charge in [-0.3, -0.25) is 0 Å². The molecule has 1 fully saturated rings. The highest BCUT2D eigenvalue weighted by atomic mass is 32.1. The van der Waals surface area contributed by atoms with E-state index in [1.165, 1.54) is 19.3 Å². The fourth-order valence-corrected chi connectivity index (χ4v) is 2.31.